The van der Waals surface area contributed by atoms with Gasteiger partial charge in [0.15, 0.2) is 0 Å². The van der Waals surface area contributed by atoms with Crippen LogP contribution in [0.5, 0.6) is 5.75 Å². The van der Waals surface area contributed by atoms with Gasteiger partial charge in [0.25, 0.3) is 0 Å². The van der Waals surface area contributed by atoms with Crippen LogP contribution in [0.4, 0.5) is 5.69 Å². The van der Waals surface area contributed by atoms with E-state index in [0.717, 1.165) is 0 Å². The van der Waals surface area contributed by atoms with Crippen molar-refractivity contribution in [3.05, 3.63) is 47.4 Å². The van der Waals surface area contributed by atoms with Gasteiger partial charge in [0.05, 0.1) is 18.1 Å². The summed E-state index contributed by atoms with van der Waals surface area (Å²) in [7, 11) is 1.54. The van der Waals surface area contributed by atoms with Gasteiger partial charge in [-0.3, -0.25) is 4.79 Å². The molecule has 0 spiro atoms. The number of hydrogen-bond donors (Lipinski definition) is 0. The summed E-state index contributed by atoms with van der Waals surface area (Å²) >= 11 is 6.16. The summed E-state index contributed by atoms with van der Waals surface area (Å²) < 4.78 is 10.5. The second-order valence-electron chi connectivity index (χ2n) is 5.79. The molecule has 0 N–H and O–H groups in total. The first kappa shape index (κ1) is 16.5. The number of hydrogen-bond acceptors (Lipinski definition) is 7. The molecule has 1 aliphatic rings. The highest BCUT2D eigenvalue weighted by atomic mass is 35.5. The third kappa shape index (κ3) is 2.99. The Morgan fingerprint density at radius 3 is 2.96 bits per heavy atom. The summed E-state index contributed by atoms with van der Waals surface area (Å²) in [4.78, 5) is 18.5. The molecular formula is C17H14ClN5O3. The second kappa shape index (κ2) is 6.72. The summed E-state index contributed by atoms with van der Waals surface area (Å²) in [5.41, 5.74) is 1.22. The van der Waals surface area contributed by atoms with Gasteiger partial charge in [-0.25, -0.2) is 0 Å². The van der Waals surface area contributed by atoms with Crippen molar-refractivity contribution >= 4 is 23.2 Å². The van der Waals surface area contributed by atoms with Crippen LogP contribution in [0.1, 0.15) is 18.2 Å². The monoisotopic (exact) mass is 371 g/mol. The Bertz CT molecular complexity index is 947. The molecule has 9 heteroatoms. The minimum absolute atomic E-state index is 0.0320. The molecule has 1 amide bonds. The Morgan fingerprint density at radius 2 is 2.23 bits per heavy atom. The Morgan fingerprint density at radius 1 is 1.35 bits per heavy atom. The second-order valence-corrected chi connectivity index (χ2v) is 6.20. The van der Waals surface area contributed by atoms with Crippen molar-refractivity contribution in [2.24, 2.45) is 0 Å². The number of methoxy groups -OCH3 is 1. The van der Waals surface area contributed by atoms with Gasteiger partial charge in [-0.1, -0.05) is 16.8 Å². The summed E-state index contributed by atoms with van der Waals surface area (Å²) in [5, 5.41) is 12.1. The number of aromatic nitrogens is 4. The predicted molar refractivity (Wildman–Crippen MR) is 93.0 cm³/mol. The molecule has 0 unspecified atom stereocenters. The van der Waals surface area contributed by atoms with E-state index in [1.54, 1.807) is 48.5 Å². The molecule has 8 nitrogen and oxygen atoms in total. The summed E-state index contributed by atoms with van der Waals surface area (Å²) in [6.07, 6.45) is 1.85. The van der Waals surface area contributed by atoms with Gasteiger partial charge in [0.2, 0.25) is 17.6 Å². The third-order valence-electron chi connectivity index (χ3n) is 4.16. The molecule has 1 saturated heterocycles. The van der Waals surface area contributed by atoms with E-state index in [9.17, 15) is 4.79 Å². The Labute approximate surface area is 153 Å². The lowest BCUT2D eigenvalue weighted by Gasteiger charge is -2.17. The molecule has 3 heterocycles. The molecule has 4 rings (SSSR count). The van der Waals surface area contributed by atoms with Crippen molar-refractivity contribution in [3.8, 4) is 17.3 Å². The number of anilines is 1. The Hall–Kier alpha value is -3.00. The van der Waals surface area contributed by atoms with Gasteiger partial charge < -0.3 is 14.2 Å². The van der Waals surface area contributed by atoms with Gasteiger partial charge in [0.1, 0.15) is 11.4 Å². The van der Waals surface area contributed by atoms with Crippen LogP contribution < -0.4 is 9.64 Å². The first-order chi connectivity index (χ1) is 12.7. The highest BCUT2D eigenvalue weighted by Crippen LogP contribution is 2.35. The molecule has 2 aromatic heterocycles. The van der Waals surface area contributed by atoms with Crippen LogP contribution in [0.15, 0.2) is 41.1 Å². The van der Waals surface area contributed by atoms with E-state index in [1.165, 1.54) is 0 Å². The van der Waals surface area contributed by atoms with Crippen molar-refractivity contribution in [1.82, 2.24) is 20.3 Å². The lowest BCUT2D eigenvalue weighted by atomic mass is 10.1. The predicted octanol–water partition coefficient (Wildman–Crippen LogP) is 2.71. The zero-order chi connectivity index (χ0) is 18.1. The van der Waals surface area contributed by atoms with E-state index in [2.05, 4.69) is 20.3 Å². The molecule has 0 saturated carbocycles. The van der Waals surface area contributed by atoms with Crippen molar-refractivity contribution in [2.45, 2.75) is 12.3 Å². The first-order valence-electron chi connectivity index (χ1n) is 7.91. The number of nitrogens with zero attached hydrogens (tertiary/aromatic N) is 5. The molecule has 1 fully saturated rings. The molecule has 0 radical (unpaired) electrons. The van der Waals surface area contributed by atoms with Crippen LogP contribution >= 0.6 is 11.6 Å². The molecule has 1 aromatic carbocycles. The van der Waals surface area contributed by atoms with E-state index in [4.69, 9.17) is 20.9 Å². The maximum atomic E-state index is 12.4. The van der Waals surface area contributed by atoms with Crippen molar-refractivity contribution in [1.29, 1.82) is 0 Å². The van der Waals surface area contributed by atoms with Gasteiger partial charge in [-0.15, -0.1) is 5.10 Å². The fourth-order valence-electron chi connectivity index (χ4n) is 2.87. The highest BCUT2D eigenvalue weighted by molar-refractivity contribution is 6.32. The molecule has 0 bridgehead atoms. The van der Waals surface area contributed by atoms with Crippen LogP contribution in [0.2, 0.25) is 5.02 Å². The zero-order valence-corrected chi connectivity index (χ0v) is 14.6. The minimum Gasteiger partial charge on any atom is -0.495 e. The number of ether oxygens (including phenoxy) is 1. The van der Waals surface area contributed by atoms with Gasteiger partial charge in [0, 0.05) is 24.8 Å². The van der Waals surface area contributed by atoms with Gasteiger partial charge >= 0.3 is 0 Å². The fourth-order valence-corrected chi connectivity index (χ4v) is 3.12. The molecule has 3 aromatic rings. The summed E-state index contributed by atoms with van der Waals surface area (Å²) in [6, 6.07) is 8.72. The summed E-state index contributed by atoms with van der Waals surface area (Å²) in [5.74, 6) is 1.09. The SMILES string of the molecule is COc1ccc(N2C[C@@H](c3nc(-c4cccnn4)no3)CC2=O)cc1Cl. The van der Waals surface area contributed by atoms with E-state index in [-0.39, 0.29) is 18.2 Å². The molecule has 132 valence electrons. The van der Waals surface area contributed by atoms with Crippen LogP contribution in [0.3, 0.4) is 0 Å². The third-order valence-corrected chi connectivity index (χ3v) is 4.46. The van der Waals surface area contributed by atoms with Crippen molar-refractivity contribution < 1.29 is 14.1 Å². The lowest BCUT2D eigenvalue weighted by Crippen LogP contribution is -2.24. The smallest absolute Gasteiger partial charge is 0.232 e. The van der Waals surface area contributed by atoms with Crippen LogP contribution in [0.25, 0.3) is 11.5 Å². The van der Waals surface area contributed by atoms with Crippen LogP contribution in [-0.4, -0.2) is 39.9 Å². The minimum atomic E-state index is -0.193. The van der Waals surface area contributed by atoms with Crippen molar-refractivity contribution in [2.75, 3.05) is 18.6 Å². The topological polar surface area (TPSA) is 94.2 Å². The lowest BCUT2D eigenvalue weighted by molar-refractivity contribution is -0.117. The molecule has 1 aliphatic heterocycles. The maximum Gasteiger partial charge on any atom is 0.232 e. The number of carbonyl (C=O) groups excluding carboxylic acids is 1. The van der Waals surface area contributed by atoms with E-state index < -0.39 is 0 Å². The molecule has 0 aliphatic carbocycles. The van der Waals surface area contributed by atoms with Crippen LogP contribution in [0, 0.1) is 0 Å². The van der Waals surface area contributed by atoms with Gasteiger partial charge in [-0.05, 0) is 30.3 Å². The zero-order valence-electron chi connectivity index (χ0n) is 13.8. The number of carbonyl (C=O) groups is 1. The number of amides is 1. The highest BCUT2D eigenvalue weighted by Gasteiger charge is 2.35. The first-order valence-corrected chi connectivity index (χ1v) is 8.29. The number of halogens is 1. The quantitative estimate of drug-likeness (QED) is 0.695. The number of rotatable bonds is 4. The molecular weight excluding hydrogens is 358 g/mol. The fraction of sp³-hybridized carbons (Fsp3) is 0.235. The maximum absolute atomic E-state index is 12.4. The van der Waals surface area contributed by atoms with Crippen LogP contribution in [-0.2, 0) is 4.79 Å². The van der Waals surface area contributed by atoms with E-state index in [1.807, 2.05) is 0 Å². The standard InChI is InChI=1S/C17H14ClN5O3/c1-25-14-5-4-11(8-12(14)18)23-9-10(7-15(23)24)17-20-16(22-26-17)13-3-2-6-19-21-13/h2-6,8,10H,7,9H2,1H3/t10-/m0/s1. The molecule has 1 atom stereocenters. The normalized spacial score (nSPS) is 16.9. The number of benzene rings is 1. The van der Waals surface area contributed by atoms with Crippen molar-refractivity contribution in [3.63, 3.8) is 0 Å². The largest absolute Gasteiger partial charge is 0.495 e. The Balaban J connectivity index is 1.55. The average Bonchev–Trinajstić information content (AvgIpc) is 3.29. The van der Waals surface area contributed by atoms with Gasteiger partial charge in [-0.2, -0.15) is 10.1 Å². The van der Waals surface area contributed by atoms with E-state index >= 15 is 0 Å². The molecule has 26 heavy (non-hydrogen) atoms. The Kier molecular flexibility index (Phi) is 4.26. The average molecular weight is 372 g/mol. The van der Waals surface area contributed by atoms with E-state index in [0.29, 0.717) is 40.4 Å². The summed E-state index contributed by atoms with van der Waals surface area (Å²) in [6.45, 7) is 0.434.